The lowest BCUT2D eigenvalue weighted by molar-refractivity contribution is -0.391. The summed E-state index contributed by atoms with van der Waals surface area (Å²) < 4.78 is 1.26. The summed E-state index contributed by atoms with van der Waals surface area (Å²) in [5.74, 6) is 0.237. The Hall–Kier alpha value is -2.64. The predicted molar refractivity (Wildman–Crippen MR) is 66.5 cm³/mol. The second-order valence-electron chi connectivity index (χ2n) is 4.09. The van der Waals surface area contributed by atoms with E-state index >= 15 is 0 Å². The normalized spacial score (nSPS) is 10.4. The van der Waals surface area contributed by atoms with Crippen LogP contribution in [-0.4, -0.2) is 37.3 Å². The molecular formula is C11H13N5O3. The van der Waals surface area contributed by atoms with Gasteiger partial charge in [-0.1, -0.05) is 0 Å². The number of carbonyl (C=O) groups is 1. The molecule has 1 amide bonds. The molecule has 0 radical (unpaired) electrons. The lowest BCUT2D eigenvalue weighted by atomic mass is 10.3. The zero-order valence-corrected chi connectivity index (χ0v) is 10.5. The standard InChI is InChI=1S/C11H13N5O3/c1-14(7-9-12-5-6-13-9)11(17)8-3-4-10(15(8)2)16(18)19/h3-6H,7H2,1-2H3,(H,12,13). The second-order valence-corrected chi connectivity index (χ2v) is 4.09. The fourth-order valence-corrected chi connectivity index (χ4v) is 1.78. The molecule has 0 spiro atoms. The maximum atomic E-state index is 12.2. The summed E-state index contributed by atoms with van der Waals surface area (Å²) in [6.07, 6.45) is 3.27. The number of hydrogen-bond donors (Lipinski definition) is 1. The van der Waals surface area contributed by atoms with Gasteiger partial charge in [-0.15, -0.1) is 0 Å². The molecule has 2 aromatic heterocycles. The summed E-state index contributed by atoms with van der Waals surface area (Å²) in [4.78, 5) is 30.7. The smallest absolute Gasteiger partial charge is 0.323 e. The minimum absolute atomic E-state index is 0.116. The summed E-state index contributed by atoms with van der Waals surface area (Å²) in [7, 11) is 3.11. The number of nitrogens with one attached hydrogen (secondary N) is 1. The van der Waals surface area contributed by atoms with Crippen molar-refractivity contribution in [2.75, 3.05) is 7.05 Å². The average Bonchev–Trinajstić information content (AvgIpc) is 2.97. The Balaban J connectivity index is 2.17. The number of aromatic nitrogens is 3. The van der Waals surface area contributed by atoms with Gasteiger partial charge in [0.25, 0.3) is 5.91 Å². The molecule has 1 N–H and O–H groups in total. The molecule has 19 heavy (non-hydrogen) atoms. The van der Waals surface area contributed by atoms with Crippen LogP contribution in [0.5, 0.6) is 0 Å². The molecule has 0 unspecified atom stereocenters. The van der Waals surface area contributed by atoms with Crippen molar-refractivity contribution in [3.05, 3.63) is 46.2 Å². The van der Waals surface area contributed by atoms with Gasteiger partial charge in [-0.2, -0.15) is 0 Å². The van der Waals surface area contributed by atoms with E-state index < -0.39 is 4.92 Å². The van der Waals surface area contributed by atoms with Crippen molar-refractivity contribution in [2.24, 2.45) is 7.05 Å². The molecule has 2 rings (SSSR count). The number of nitrogens with zero attached hydrogens (tertiary/aromatic N) is 4. The first-order valence-electron chi connectivity index (χ1n) is 5.54. The van der Waals surface area contributed by atoms with E-state index in [2.05, 4.69) is 9.97 Å². The van der Waals surface area contributed by atoms with E-state index in [1.54, 1.807) is 19.4 Å². The van der Waals surface area contributed by atoms with E-state index in [1.807, 2.05) is 0 Å². The van der Waals surface area contributed by atoms with Crippen LogP contribution in [0.25, 0.3) is 0 Å². The SMILES string of the molecule is CN(Cc1ncc[nH]1)C(=O)c1ccc([N+](=O)[O-])n1C. The number of H-pyrrole nitrogens is 1. The Morgan fingerprint density at radius 1 is 1.58 bits per heavy atom. The maximum Gasteiger partial charge on any atom is 0.323 e. The third kappa shape index (κ3) is 2.46. The maximum absolute atomic E-state index is 12.2. The summed E-state index contributed by atoms with van der Waals surface area (Å²) in [5, 5.41) is 10.7. The van der Waals surface area contributed by atoms with Crippen molar-refractivity contribution in [3.8, 4) is 0 Å². The number of carbonyl (C=O) groups excluding carboxylic acids is 1. The molecule has 0 bridgehead atoms. The van der Waals surface area contributed by atoms with Crippen LogP contribution in [0.3, 0.4) is 0 Å². The first-order chi connectivity index (χ1) is 9.00. The van der Waals surface area contributed by atoms with Crippen molar-refractivity contribution in [1.82, 2.24) is 19.4 Å². The molecule has 2 aromatic rings. The van der Waals surface area contributed by atoms with Crippen molar-refractivity contribution >= 4 is 11.7 Å². The lowest BCUT2D eigenvalue weighted by Gasteiger charge is -2.14. The number of nitro groups is 1. The molecule has 0 aromatic carbocycles. The topological polar surface area (TPSA) is 97.1 Å². The van der Waals surface area contributed by atoms with E-state index in [0.29, 0.717) is 12.4 Å². The molecule has 2 heterocycles. The average molecular weight is 263 g/mol. The Bertz CT molecular complexity index is 602. The Labute approximate surface area is 108 Å². The van der Waals surface area contributed by atoms with Crippen LogP contribution in [0.2, 0.25) is 0 Å². The lowest BCUT2D eigenvalue weighted by Crippen LogP contribution is -2.28. The highest BCUT2D eigenvalue weighted by Crippen LogP contribution is 2.16. The monoisotopic (exact) mass is 263 g/mol. The number of hydrogen-bond acceptors (Lipinski definition) is 4. The van der Waals surface area contributed by atoms with Crippen molar-refractivity contribution in [3.63, 3.8) is 0 Å². The summed E-state index contributed by atoms with van der Waals surface area (Å²) in [6.45, 7) is 0.310. The van der Waals surface area contributed by atoms with Crippen molar-refractivity contribution in [1.29, 1.82) is 0 Å². The van der Waals surface area contributed by atoms with Crippen LogP contribution in [0.15, 0.2) is 24.5 Å². The third-order valence-electron chi connectivity index (χ3n) is 2.79. The first-order valence-corrected chi connectivity index (χ1v) is 5.54. The number of aromatic amines is 1. The van der Waals surface area contributed by atoms with E-state index in [9.17, 15) is 14.9 Å². The Morgan fingerprint density at radius 2 is 2.32 bits per heavy atom. The van der Waals surface area contributed by atoms with Crippen LogP contribution >= 0.6 is 0 Å². The van der Waals surface area contributed by atoms with Gasteiger partial charge in [0.1, 0.15) is 5.82 Å². The van der Waals surface area contributed by atoms with Gasteiger partial charge in [0.15, 0.2) is 5.69 Å². The quantitative estimate of drug-likeness (QED) is 0.655. The van der Waals surface area contributed by atoms with Gasteiger partial charge in [-0.3, -0.25) is 4.79 Å². The molecule has 100 valence electrons. The Kier molecular flexibility index (Phi) is 3.32. The Morgan fingerprint density at radius 3 is 2.84 bits per heavy atom. The molecule has 8 nitrogen and oxygen atoms in total. The molecule has 0 atom stereocenters. The molecular weight excluding hydrogens is 250 g/mol. The van der Waals surface area contributed by atoms with E-state index in [-0.39, 0.29) is 17.4 Å². The van der Waals surface area contributed by atoms with Crippen molar-refractivity contribution < 1.29 is 9.72 Å². The van der Waals surface area contributed by atoms with Crippen LogP contribution in [0, 0.1) is 10.1 Å². The van der Waals surface area contributed by atoms with Gasteiger partial charge in [0.2, 0.25) is 0 Å². The fraction of sp³-hybridized carbons (Fsp3) is 0.273. The van der Waals surface area contributed by atoms with E-state index in [1.165, 1.54) is 28.6 Å². The van der Waals surface area contributed by atoms with Gasteiger partial charge in [0.05, 0.1) is 13.6 Å². The molecule has 0 saturated heterocycles. The van der Waals surface area contributed by atoms with Crippen LogP contribution in [0.4, 0.5) is 5.82 Å². The fourth-order valence-electron chi connectivity index (χ4n) is 1.78. The highest BCUT2D eigenvalue weighted by molar-refractivity contribution is 5.93. The van der Waals surface area contributed by atoms with Crippen LogP contribution in [0.1, 0.15) is 16.3 Å². The molecule has 8 heteroatoms. The number of amides is 1. The summed E-state index contributed by atoms with van der Waals surface area (Å²) >= 11 is 0. The number of imidazole rings is 1. The van der Waals surface area contributed by atoms with E-state index in [0.717, 1.165) is 0 Å². The largest absolute Gasteiger partial charge is 0.358 e. The van der Waals surface area contributed by atoms with Gasteiger partial charge in [-0.05, 0) is 11.0 Å². The molecule has 0 fully saturated rings. The highest BCUT2D eigenvalue weighted by Gasteiger charge is 2.23. The zero-order chi connectivity index (χ0) is 14.0. The predicted octanol–water partition coefficient (Wildman–Crippen LogP) is 0.929. The zero-order valence-electron chi connectivity index (χ0n) is 10.5. The third-order valence-corrected chi connectivity index (χ3v) is 2.79. The molecule has 0 aliphatic carbocycles. The van der Waals surface area contributed by atoms with Gasteiger partial charge in [-0.25, -0.2) is 9.55 Å². The van der Waals surface area contributed by atoms with Gasteiger partial charge in [0, 0.05) is 25.5 Å². The molecule has 0 aliphatic heterocycles. The van der Waals surface area contributed by atoms with E-state index in [4.69, 9.17) is 0 Å². The summed E-state index contributed by atoms with van der Waals surface area (Å²) in [5.41, 5.74) is 0.265. The van der Waals surface area contributed by atoms with Crippen LogP contribution in [-0.2, 0) is 13.6 Å². The minimum atomic E-state index is -0.524. The first kappa shape index (κ1) is 12.8. The number of rotatable bonds is 4. The van der Waals surface area contributed by atoms with Gasteiger partial charge >= 0.3 is 5.82 Å². The minimum Gasteiger partial charge on any atom is -0.358 e. The van der Waals surface area contributed by atoms with Crippen LogP contribution < -0.4 is 0 Å². The summed E-state index contributed by atoms with van der Waals surface area (Å²) in [6, 6.07) is 2.76. The molecule has 0 saturated carbocycles. The van der Waals surface area contributed by atoms with Crippen molar-refractivity contribution in [2.45, 2.75) is 6.54 Å². The molecule has 0 aliphatic rings. The second kappa shape index (κ2) is 4.92. The van der Waals surface area contributed by atoms with Gasteiger partial charge < -0.3 is 20.0 Å². The highest BCUT2D eigenvalue weighted by atomic mass is 16.6.